The Morgan fingerprint density at radius 2 is 1.93 bits per heavy atom. The summed E-state index contributed by atoms with van der Waals surface area (Å²) in [6.07, 6.45) is 7.28. The van der Waals surface area contributed by atoms with Crippen LogP contribution in [0.25, 0.3) is 22.3 Å². The Balaban J connectivity index is 1.75. The van der Waals surface area contributed by atoms with E-state index in [4.69, 9.17) is 15.8 Å². The highest BCUT2D eigenvalue weighted by Crippen LogP contribution is 2.34. The van der Waals surface area contributed by atoms with Crippen molar-refractivity contribution in [3.8, 4) is 11.3 Å². The number of hydrogen-bond donors (Lipinski definition) is 3. The van der Waals surface area contributed by atoms with Crippen molar-refractivity contribution in [3.63, 3.8) is 0 Å². The van der Waals surface area contributed by atoms with E-state index in [2.05, 4.69) is 17.2 Å². The maximum absolute atomic E-state index is 9.88. The van der Waals surface area contributed by atoms with E-state index < -0.39 is 0 Å². The van der Waals surface area contributed by atoms with Crippen LogP contribution in [0.5, 0.6) is 0 Å². The maximum atomic E-state index is 9.88. The lowest BCUT2D eigenvalue weighted by molar-refractivity contribution is 0.109. The van der Waals surface area contributed by atoms with Crippen LogP contribution in [0.2, 0.25) is 0 Å². The molecule has 3 aromatic rings. The van der Waals surface area contributed by atoms with Crippen LogP contribution in [-0.4, -0.2) is 37.5 Å². The molecule has 0 amide bonds. The molecule has 1 saturated carbocycles. The molecule has 1 aliphatic rings. The van der Waals surface area contributed by atoms with Crippen LogP contribution in [0, 0.1) is 0 Å². The summed E-state index contributed by atoms with van der Waals surface area (Å²) in [5, 5.41) is 19.1. The fraction of sp³-hybridized carbons (Fsp3) is 0.476. The van der Waals surface area contributed by atoms with Gasteiger partial charge in [0, 0.05) is 24.0 Å². The Hall–Kier alpha value is -2.67. The van der Waals surface area contributed by atoms with E-state index in [0.717, 1.165) is 73.0 Å². The normalized spacial score (nSPS) is 19.8. The number of nitrogen functional groups attached to an aromatic ring is 1. The smallest absolute Gasteiger partial charge is 0.224 e. The number of anilines is 2. The van der Waals surface area contributed by atoms with E-state index in [1.807, 2.05) is 35.1 Å². The van der Waals surface area contributed by atoms with Crippen LogP contribution in [0.1, 0.15) is 51.5 Å². The Kier molecular flexibility index (Phi) is 5.43. The van der Waals surface area contributed by atoms with Crippen molar-refractivity contribution >= 4 is 22.7 Å². The number of aliphatic hydroxyl groups is 1. The number of nitrogens with one attached hydrogen (secondary N) is 1. The molecular weight excluding hydrogens is 352 g/mol. The molecule has 7 heteroatoms. The average molecular weight is 380 g/mol. The lowest BCUT2D eigenvalue weighted by Gasteiger charge is -2.25. The van der Waals surface area contributed by atoms with Gasteiger partial charge in [-0.15, -0.1) is 0 Å². The van der Waals surface area contributed by atoms with Crippen molar-refractivity contribution < 1.29 is 5.11 Å². The number of rotatable bonds is 6. The van der Waals surface area contributed by atoms with E-state index >= 15 is 0 Å². The summed E-state index contributed by atoms with van der Waals surface area (Å²) < 4.78 is 2.04. The van der Waals surface area contributed by atoms with Crippen LogP contribution in [0.3, 0.4) is 0 Å². The van der Waals surface area contributed by atoms with Crippen molar-refractivity contribution in [3.05, 3.63) is 30.5 Å². The summed E-state index contributed by atoms with van der Waals surface area (Å²) in [5.74, 6) is 0.641. The largest absolute Gasteiger partial charge is 0.399 e. The molecule has 0 unspecified atom stereocenters. The topological polar surface area (TPSA) is 102 Å². The van der Waals surface area contributed by atoms with Crippen LogP contribution >= 0.6 is 0 Å². The van der Waals surface area contributed by atoms with Crippen LogP contribution in [-0.2, 0) is 0 Å². The molecular formula is C21H28N6O. The third-order valence-corrected chi connectivity index (χ3v) is 5.46. The third kappa shape index (κ3) is 3.80. The van der Waals surface area contributed by atoms with Gasteiger partial charge in [0.15, 0.2) is 5.65 Å². The molecule has 0 aliphatic heterocycles. The summed E-state index contributed by atoms with van der Waals surface area (Å²) >= 11 is 0. The Morgan fingerprint density at radius 3 is 2.64 bits per heavy atom. The van der Waals surface area contributed by atoms with Gasteiger partial charge in [-0.05, 0) is 44.2 Å². The highest BCUT2D eigenvalue weighted by molar-refractivity contribution is 5.91. The SMILES string of the molecule is CCCCNc1ncc2c(-c3ccc(N)cc3)nn([C@H]3CC[C@@H](O)CC3)c2n1. The lowest BCUT2D eigenvalue weighted by atomic mass is 9.93. The molecule has 7 nitrogen and oxygen atoms in total. The molecule has 0 spiro atoms. The molecule has 28 heavy (non-hydrogen) atoms. The monoisotopic (exact) mass is 380 g/mol. The van der Waals surface area contributed by atoms with Crippen molar-refractivity contribution in [2.45, 2.75) is 57.6 Å². The number of hydrogen-bond acceptors (Lipinski definition) is 6. The summed E-state index contributed by atoms with van der Waals surface area (Å²) in [7, 11) is 0. The molecule has 2 heterocycles. The quantitative estimate of drug-likeness (QED) is 0.444. The van der Waals surface area contributed by atoms with Crippen LogP contribution in [0.4, 0.5) is 11.6 Å². The van der Waals surface area contributed by atoms with Crippen LogP contribution in [0.15, 0.2) is 30.5 Å². The van der Waals surface area contributed by atoms with E-state index in [1.54, 1.807) is 0 Å². The zero-order valence-corrected chi connectivity index (χ0v) is 16.3. The first-order valence-electron chi connectivity index (χ1n) is 10.2. The number of benzene rings is 1. The average Bonchev–Trinajstić information content (AvgIpc) is 3.08. The highest BCUT2D eigenvalue weighted by Gasteiger charge is 2.25. The number of nitrogens with two attached hydrogens (primary N) is 1. The van der Waals surface area contributed by atoms with Gasteiger partial charge in [0.05, 0.1) is 17.5 Å². The van der Waals surface area contributed by atoms with Gasteiger partial charge in [0.25, 0.3) is 0 Å². The summed E-state index contributed by atoms with van der Waals surface area (Å²) in [4.78, 5) is 9.31. The molecule has 4 rings (SSSR count). The van der Waals surface area contributed by atoms with Crippen molar-refractivity contribution in [2.24, 2.45) is 0 Å². The summed E-state index contributed by atoms with van der Waals surface area (Å²) in [6.45, 7) is 3.02. The number of aliphatic hydroxyl groups excluding tert-OH is 1. The Bertz CT molecular complexity index is 928. The Labute approximate surface area is 165 Å². The molecule has 148 valence electrons. The predicted molar refractivity (Wildman–Crippen MR) is 112 cm³/mol. The number of nitrogens with zero attached hydrogens (tertiary/aromatic N) is 4. The second kappa shape index (κ2) is 8.14. The first-order valence-corrected chi connectivity index (χ1v) is 10.2. The molecule has 2 aromatic heterocycles. The maximum Gasteiger partial charge on any atom is 0.224 e. The molecule has 4 N–H and O–H groups in total. The minimum absolute atomic E-state index is 0.199. The van der Waals surface area contributed by atoms with Crippen molar-refractivity contribution in [1.29, 1.82) is 0 Å². The fourth-order valence-electron chi connectivity index (χ4n) is 3.80. The first-order chi connectivity index (χ1) is 13.7. The van der Waals surface area contributed by atoms with Gasteiger partial charge >= 0.3 is 0 Å². The first kappa shape index (κ1) is 18.7. The molecule has 0 bridgehead atoms. The van der Waals surface area contributed by atoms with E-state index in [1.165, 1.54) is 0 Å². The molecule has 0 atom stereocenters. The molecule has 1 aromatic carbocycles. The number of unbranched alkanes of at least 4 members (excludes halogenated alkanes) is 1. The zero-order chi connectivity index (χ0) is 19.5. The van der Waals surface area contributed by atoms with Gasteiger partial charge in [-0.25, -0.2) is 9.67 Å². The van der Waals surface area contributed by atoms with E-state index in [9.17, 15) is 5.11 Å². The zero-order valence-electron chi connectivity index (χ0n) is 16.3. The lowest BCUT2D eigenvalue weighted by Crippen LogP contribution is -2.22. The number of aromatic nitrogens is 4. The minimum atomic E-state index is -0.199. The second-order valence-corrected chi connectivity index (χ2v) is 7.59. The van der Waals surface area contributed by atoms with Gasteiger partial charge in [-0.3, -0.25) is 0 Å². The summed E-state index contributed by atoms with van der Waals surface area (Å²) in [5.41, 5.74) is 9.31. The van der Waals surface area contributed by atoms with Gasteiger partial charge in [0.2, 0.25) is 5.95 Å². The van der Waals surface area contributed by atoms with Crippen molar-refractivity contribution in [2.75, 3.05) is 17.6 Å². The third-order valence-electron chi connectivity index (χ3n) is 5.46. The highest BCUT2D eigenvalue weighted by atomic mass is 16.3. The summed E-state index contributed by atoms with van der Waals surface area (Å²) in [6, 6.07) is 7.99. The van der Waals surface area contributed by atoms with Crippen molar-refractivity contribution in [1.82, 2.24) is 19.7 Å². The van der Waals surface area contributed by atoms with Gasteiger partial charge in [-0.2, -0.15) is 10.1 Å². The second-order valence-electron chi connectivity index (χ2n) is 7.59. The standard InChI is InChI=1S/C21H28N6O/c1-2-3-12-23-21-24-13-18-19(14-4-6-15(22)7-5-14)26-27(20(18)25-21)16-8-10-17(28)11-9-16/h4-7,13,16-17,28H,2-3,8-12,22H2,1H3,(H,23,24,25)/t16-,17+. The minimum Gasteiger partial charge on any atom is -0.399 e. The Morgan fingerprint density at radius 1 is 1.18 bits per heavy atom. The van der Waals surface area contributed by atoms with Crippen LogP contribution < -0.4 is 11.1 Å². The van der Waals surface area contributed by atoms with Gasteiger partial charge in [0.1, 0.15) is 5.69 Å². The fourth-order valence-corrected chi connectivity index (χ4v) is 3.80. The molecule has 0 radical (unpaired) electrons. The van der Waals surface area contributed by atoms with Gasteiger partial charge in [-0.1, -0.05) is 25.5 Å². The molecule has 0 saturated heterocycles. The van der Waals surface area contributed by atoms with E-state index in [0.29, 0.717) is 5.95 Å². The van der Waals surface area contributed by atoms with Gasteiger partial charge < -0.3 is 16.2 Å². The van der Waals surface area contributed by atoms with E-state index in [-0.39, 0.29) is 12.1 Å². The number of fused-ring (bicyclic) bond motifs is 1. The molecule has 1 fully saturated rings. The predicted octanol–water partition coefficient (Wildman–Crippen LogP) is 3.76. The molecule has 1 aliphatic carbocycles.